The zero-order valence-electron chi connectivity index (χ0n) is 7.20. The van der Waals surface area contributed by atoms with Gasteiger partial charge in [-0.05, 0) is 12.0 Å². The Labute approximate surface area is 86.7 Å². The number of hydrogen-bond acceptors (Lipinski definition) is 2. The van der Waals surface area contributed by atoms with E-state index in [1.807, 2.05) is 24.4 Å². The molecule has 0 aliphatic heterocycles. The van der Waals surface area contributed by atoms with Crippen molar-refractivity contribution >= 4 is 15.9 Å². The molecule has 0 fully saturated rings. The van der Waals surface area contributed by atoms with Crippen LogP contribution in [0.3, 0.4) is 0 Å². The molecule has 0 aliphatic rings. The highest BCUT2D eigenvalue weighted by molar-refractivity contribution is 9.09. The molecule has 0 saturated carbocycles. The van der Waals surface area contributed by atoms with Crippen LogP contribution < -0.4 is 5.32 Å². The van der Waals surface area contributed by atoms with Crippen LogP contribution in [0.4, 0.5) is 0 Å². The lowest BCUT2D eigenvalue weighted by molar-refractivity contribution is 0.787. The van der Waals surface area contributed by atoms with Crippen molar-refractivity contribution in [3.63, 3.8) is 0 Å². The summed E-state index contributed by atoms with van der Waals surface area (Å²) in [5, 5.41) is 10.9. The monoisotopic (exact) mass is 238 g/mol. The zero-order chi connectivity index (χ0) is 9.52. The van der Waals surface area contributed by atoms with E-state index in [-0.39, 0.29) is 0 Å². The number of benzene rings is 1. The summed E-state index contributed by atoms with van der Waals surface area (Å²) in [7, 11) is 0. The van der Waals surface area contributed by atoms with Crippen molar-refractivity contribution in [2.45, 2.75) is 11.2 Å². The predicted octanol–water partition coefficient (Wildman–Crippen LogP) is 2.06. The molecule has 0 spiro atoms. The molecule has 0 amide bonds. The molecular weight excluding hydrogens is 228 g/mol. The molecule has 2 nitrogen and oxygen atoms in total. The molecule has 3 heteroatoms. The molecule has 0 radical (unpaired) electrons. The van der Waals surface area contributed by atoms with Crippen LogP contribution in [0.1, 0.15) is 5.56 Å². The van der Waals surface area contributed by atoms with Gasteiger partial charge in [-0.2, -0.15) is 5.26 Å². The molecule has 1 atom stereocenters. The van der Waals surface area contributed by atoms with Gasteiger partial charge >= 0.3 is 0 Å². The van der Waals surface area contributed by atoms with E-state index in [1.165, 1.54) is 5.56 Å². The van der Waals surface area contributed by atoms with Crippen LogP contribution in [-0.4, -0.2) is 11.4 Å². The Kier molecular flexibility index (Phi) is 4.34. The van der Waals surface area contributed by atoms with Crippen molar-refractivity contribution in [2.75, 3.05) is 6.54 Å². The highest BCUT2D eigenvalue weighted by Crippen LogP contribution is 2.08. The number of nitrogens with one attached hydrogen (secondary N) is 1. The van der Waals surface area contributed by atoms with Gasteiger partial charge in [-0.3, -0.25) is 0 Å². The van der Waals surface area contributed by atoms with Crippen LogP contribution in [0, 0.1) is 11.5 Å². The normalized spacial score (nSPS) is 11.7. The molecule has 0 heterocycles. The van der Waals surface area contributed by atoms with E-state index in [4.69, 9.17) is 5.26 Å². The second-order valence-corrected chi connectivity index (χ2v) is 4.07. The second kappa shape index (κ2) is 5.60. The fourth-order valence-electron chi connectivity index (χ4n) is 1.10. The highest BCUT2D eigenvalue weighted by atomic mass is 79.9. The quantitative estimate of drug-likeness (QED) is 0.496. The number of nitriles is 1. The Bertz CT molecular complexity index is 279. The van der Waals surface area contributed by atoms with Crippen LogP contribution in [0.5, 0.6) is 0 Å². The molecule has 1 aromatic carbocycles. The first-order valence-electron chi connectivity index (χ1n) is 4.13. The minimum atomic E-state index is 0.314. The molecular formula is C10H11BrN2. The van der Waals surface area contributed by atoms with Crippen LogP contribution in [0.2, 0.25) is 0 Å². The third kappa shape index (κ3) is 3.95. The van der Waals surface area contributed by atoms with E-state index < -0.39 is 0 Å². The summed E-state index contributed by atoms with van der Waals surface area (Å²) in [6, 6.07) is 10.2. The van der Waals surface area contributed by atoms with Crippen molar-refractivity contribution in [3.05, 3.63) is 35.9 Å². The van der Waals surface area contributed by atoms with Gasteiger partial charge in [0.15, 0.2) is 6.19 Å². The van der Waals surface area contributed by atoms with E-state index in [0.717, 1.165) is 6.42 Å². The minimum Gasteiger partial charge on any atom is -0.323 e. The van der Waals surface area contributed by atoms with Gasteiger partial charge in [-0.15, -0.1) is 0 Å². The average Bonchev–Trinajstić information content (AvgIpc) is 2.16. The molecule has 1 rings (SSSR count). The van der Waals surface area contributed by atoms with E-state index in [2.05, 4.69) is 33.4 Å². The Balaban J connectivity index is 2.37. The van der Waals surface area contributed by atoms with Gasteiger partial charge in [-0.1, -0.05) is 46.3 Å². The molecule has 0 bridgehead atoms. The lowest BCUT2D eigenvalue weighted by Crippen LogP contribution is -2.19. The van der Waals surface area contributed by atoms with Crippen molar-refractivity contribution in [2.24, 2.45) is 0 Å². The maximum absolute atomic E-state index is 8.30. The summed E-state index contributed by atoms with van der Waals surface area (Å²) in [5.74, 6) is 0. The third-order valence-electron chi connectivity index (χ3n) is 1.70. The minimum absolute atomic E-state index is 0.314. The van der Waals surface area contributed by atoms with Crippen molar-refractivity contribution < 1.29 is 0 Å². The topological polar surface area (TPSA) is 35.8 Å². The average molecular weight is 239 g/mol. The van der Waals surface area contributed by atoms with Crippen molar-refractivity contribution in [3.8, 4) is 6.19 Å². The first-order chi connectivity index (χ1) is 6.33. The second-order valence-electron chi connectivity index (χ2n) is 2.78. The molecule has 1 aromatic rings. The zero-order valence-corrected chi connectivity index (χ0v) is 8.79. The summed E-state index contributed by atoms with van der Waals surface area (Å²) < 4.78 is 0. The van der Waals surface area contributed by atoms with E-state index in [9.17, 15) is 0 Å². The van der Waals surface area contributed by atoms with Crippen LogP contribution >= 0.6 is 15.9 Å². The molecule has 1 N–H and O–H groups in total. The lowest BCUT2D eigenvalue weighted by Gasteiger charge is -2.07. The number of halogens is 1. The molecule has 0 aromatic heterocycles. The van der Waals surface area contributed by atoms with Gasteiger partial charge in [-0.25, -0.2) is 0 Å². The standard InChI is InChI=1S/C10H11BrN2/c11-10(7-13-8-12)6-9-4-2-1-3-5-9/h1-5,10,13H,6-7H2. The van der Waals surface area contributed by atoms with Crippen LogP contribution in [-0.2, 0) is 6.42 Å². The summed E-state index contributed by atoms with van der Waals surface area (Å²) in [5.41, 5.74) is 1.28. The van der Waals surface area contributed by atoms with E-state index in [0.29, 0.717) is 11.4 Å². The molecule has 13 heavy (non-hydrogen) atoms. The fourth-order valence-corrected chi connectivity index (χ4v) is 1.63. The first-order valence-corrected chi connectivity index (χ1v) is 5.04. The fraction of sp³-hybridized carbons (Fsp3) is 0.300. The smallest absolute Gasteiger partial charge is 0.176 e. The first kappa shape index (κ1) is 10.1. The molecule has 68 valence electrons. The molecule has 0 aliphatic carbocycles. The van der Waals surface area contributed by atoms with Crippen molar-refractivity contribution in [1.29, 1.82) is 5.26 Å². The van der Waals surface area contributed by atoms with Gasteiger partial charge in [0.2, 0.25) is 0 Å². The van der Waals surface area contributed by atoms with E-state index in [1.54, 1.807) is 0 Å². The molecule has 1 unspecified atom stereocenters. The van der Waals surface area contributed by atoms with Gasteiger partial charge in [0.1, 0.15) is 0 Å². The van der Waals surface area contributed by atoms with Gasteiger partial charge in [0.05, 0.1) is 0 Å². The highest BCUT2D eigenvalue weighted by Gasteiger charge is 2.03. The van der Waals surface area contributed by atoms with Crippen LogP contribution in [0.25, 0.3) is 0 Å². The predicted molar refractivity (Wildman–Crippen MR) is 56.5 cm³/mol. The van der Waals surface area contributed by atoms with Crippen molar-refractivity contribution in [1.82, 2.24) is 5.32 Å². The number of nitrogens with zero attached hydrogens (tertiary/aromatic N) is 1. The SMILES string of the molecule is N#CNCC(Br)Cc1ccccc1. The Morgan fingerprint density at radius 1 is 1.38 bits per heavy atom. The molecule has 0 saturated heterocycles. The lowest BCUT2D eigenvalue weighted by atomic mass is 10.1. The number of hydrogen-bond donors (Lipinski definition) is 1. The Morgan fingerprint density at radius 2 is 2.08 bits per heavy atom. The summed E-state index contributed by atoms with van der Waals surface area (Å²) >= 11 is 3.50. The number of rotatable bonds is 4. The van der Waals surface area contributed by atoms with Gasteiger partial charge in [0.25, 0.3) is 0 Å². The third-order valence-corrected chi connectivity index (χ3v) is 2.35. The van der Waals surface area contributed by atoms with Gasteiger partial charge < -0.3 is 5.32 Å². The largest absolute Gasteiger partial charge is 0.323 e. The van der Waals surface area contributed by atoms with Gasteiger partial charge in [0, 0.05) is 11.4 Å². The maximum atomic E-state index is 8.30. The van der Waals surface area contributed by atoms with Crippen LogP contribution in [0.15, 0.2) is 30.3 Å². The number of alkyl halides is 1. The summed E-state index contributed by atoms with van der Waals surface area (Å²) in [4.78, 5) is 0.314. The Morgan fingerprint density at radius 3 is 2.69 bits per heavy atom. The maximum Gasteiger partial charge on any atom is 0.176 e. The summed E-state index contributed by atoms with van der Waals surface area (Å²) in [6.45, 7) is 0.672. The summed E-state index contributed by atoms with van der Waals surface area (Å²) in [6.07, 6.45) is 2.84. The Hall–Kier alpha value is -1.01. The van der Waals surface area contributed by atoms with E-state index >= 15 is 0 Å².